The molecule has 1 aromatic carbocycles. The minimum atomic E-state index is 0.696. The van der Waals surface area contributed by atoms with Crippen molar-refractivity contribution in [1.82, 2.24) is 4.90 Å². The summed E-state index contributed by atoms with van der Waals surface area (Å²) in [5, 5.41) is 0. The van der Waals surface area contributed by atoms with Gasteiger partial charge in [-0.3, -0.25) is 0 Å². The van der Waals surface area contributed by atoms with Gasteiger partial charge in [-0.2, -0.15) is 0 Å². The molecule has 0 spiro atoms. The molecule has 0 aliphatic heterocycles. The Balaban J connectivity index is 2.75. The molecule has 0 bridgehead atoms. The van der Waals surface area contributed by atoms with Gasteiger partial charge in [-0.25, -0.2) is 0 Å². The van der Waals surface area contributed by atoms with E-state index in [0.29, 0.717) is 5.88 Å². The molecule has 0 aromatic heterocycles. The van der Waals surface area contributed by atoms with Gasteiger partial charge < -0.3 is 4.90 Å². The van der Waals surface area contributed by atoms with Crippen molar-refractivity contribution >= 4 is 11.6 Å². The number of hydrogen-bond acceptors (Lipinski definition) is 1. The molecule has 0 saturated carbocycles. The lowest BCUT2D eigenvalue weighted by Crippen LogP contribution is -2.21. The smallest absolute Gasteiger partial charge is 0.0351 e. The van der Waals surface area contributed by atoms with E-state index in [9.17, 15) is 0 Å². The van der Waals surface area contributed by atoms with Gasteiger partial charge in [-0.1, -0.05) is 18.2 Å². The van der Waals surface area contributed by atoms with Crippen molar-refractivity contribution in [2.75, 3.05) is 19.5 Å². The van der Waals surface area contributed by atoms with Crippen molar-refractivity contribution in [3.63, 3.8) is 0 Å². The molecular formula is C12H18ClN. The maximum atomic E-state index is 5.70. The molecule has 0 fully saturated rings. The van der Waals surface area contributed by atoms with Gasteiger partial charge in [0.2, 0.25) is 0 Å². The molecule has 0 heterocycles. The summed E-state index contributed by atoms with van der Waals surface area (Å²) < 4.78 is 0. The van der Waals surface area contributed by atoms with Gasteiger partial charge in [-0.15, -0.1) is 11.6 Å². The second kappa shape index (κ2) is 5.38. The second-order valence-corrected chi connectivity index (χ2v) is 4.18. The number of halogens is 1. The second-order valence-electron chi connectivity index (χ2n) is 3.80. The molecule has 0 unspecified atom stereocenters. The number of nitrogens with zero attached hydrogens (tertiary/aromatic N) is 1. The molecular weight excluding hydrogens is 194 g/mol. The summed E-state index contributed by atoms with van der Waals surface area (Å²) in [5.41, 5.74) is 4.16. The molecule has 0 aliphatic carbocycles. The summed E-state index contributed by atoms with van der Waals surface area (Å²) in [4.78, 5) is 2.25. The molecule has 1 nitrogen and oxygen atoms in total. The van der Waals surface area contributed by atoms with E-state index in [1.165, 1.54) is 16.7 Å². The van der Waals surface area contributed by atoms with Gasteiger partial charge >= 0.3 is 0 Å². The van der Waals surface area contributed by atoms with E-state index in [4.69, 9.17) is 11.6 Å². The fourth-order valence-electron chi connectivity index (χ4n) is 1.59. The minimum absolute atomic E-state index is 0.696. The molecule has 78 valence electrons. The van der Waals surface area contributed by atoms with Crippen LogP contribution in [0, 0.1) is 13.8 Å². The van der Waals surface area contributed by atoms with Crippen LogP contribution in [-0.2, 0) is 6.54 Å². The summed E-state index contributed by atoms with van der Waals surface area (Å²) in [7, 11) is 2.11. The van der Waals surface area contributed by atoms with Crippen LogP contribution in [0.2, 0.25) is 0 Å². The molecule has 0 radical (unpaired) electrons. The van der Waals surface area contributed by atoms with E-state index in [1.807, 2.05) is 0 Å². The predicted molar refractivity (Wildman–Crippen MR) is 63.0 cm³/mol. The van der Waals surface area contributed by atoms with Crippen LogP contribution in [0.5, 0.6) is 0 Å². The van der Waals surface area contributed by atoms with Crippen molar-refractivity contribution in [3.8, 4) is 0 Å². The van der Waals surface area contributed by atoms with E-state index < -0.39 is 0 Å². The van der Waals surface area contributed by atoms with Crippen molar-refractivity contribution < 1.29 is 0 Å². The Kier molecular flexibility index (Phi) is 4.43. The Hall–Kier alpha value is -0.530. The molecule has 0 saturated heterocycles. The zero-order valence-corrected chi connectivity index (χ0v) is 9.93. The molecule has 0 aliphatic rings. The quantitative estimate of drug-likeness (QED) is 0.693. The Morgan fingerprint density at radius 2 is 1.79 bits per heavy atom. The highest BCUT2D eigenvalue weighted by Crippen LogP contribution is 2.14. The standard InChI is InChI=1S/C12H18ClN/c1-10-5-4-6-11(2)12(10)9-14(3)8-7-13/h4-6H,7-9H2,1-3H3. The first-order valence-electron chi connectivity index (χ1n) is 4.94. The maximum absolute atomic E-state index is 5.70. The molecule has 1 rings (SSSR count). The van der Waals surface area contributed by atoms with Crippen molar-refractivity contribution in [1.29, 1.82) is 0 Å². The third-order valence-corrected chi connectivity index (χ3v) is 2.71. The Labute approximate surface area is 91.7 Å². The van der Waals surface area contributed by atoms with Crippen LogP contribution in [0.3, 0.4) is 0 Å². The largest absolute Gasteiger partial charge is 0.301 e. The van der Waals surface area contributed by atoms with E-state index >= 15 is 0 Å². The summed E-state index contributed by atoms with van der Waals surface area (Å²) in [6.07, 6.45) is 0. The topological polar surface area (TPSA) is 3.24 Å². The summed E-state index contributed by atoms with van der Waals surface area (Å²) in [6.45, 7) is 6.26. The van der Waals surface area contributed by atoms with Crippen LogP contribution in [0.15, 0.2) is 18.2 Å². The third kappa shape index (κ3) is 3.00. The lowest BCUT2D eigenvalue weighted by Gasteiger charge is -2.18. The van der Waals surface area contributed by atoms with Crippen LogP contribution in [0.1, 0.15) is 16.7 Å². The van der Waals surface area contributed by atoms with E-state index in [1.54, 1.807) is 0 Å². The first-order chi connectivity index (χ1) is 6.65. The molecule has 0 amide bonds. The SMILES string of the molecule is Cc1cccc(C)c1CN(C)CCCl. The van der Waals surface area contributed by atoms with Crippen LogP contribution < -0.4 is 0 Å². The number of aryl methyl sites for hydroxylation is 2. The van der Waals surface area contributed by atoms with Gasteiger partial charge in [0, 0.05) is 19.0 Å². The summed E-state index contributed by atoms with van der Waals surface area (Å²) in [6, 6.07) is 6.43. The van der Waals surface area contributed by atoms with Crippen LogP contribution in [0.4, 0.5) is 0 Å². The Morgan fingerprint density at radius 3 is 2.29 bits per heavy atom. The molecule has 14 heavy (non-hydrogen) atoms. The highest BCUT2D eigenvalue weighted by atomic mass is 35.5. The minimum Gasteiger partial charge on any atom is -0.301 e. The fraction of sp³-hybridized carbons (Fsp3) is 0.500. The maximum Gasteiger partial charge on any atom is 0.0351 e. The number of benzene rings is 1. The highest BCUT2D eigenvalue weighted by molar-refractivity contribution is 6.18. The Morgan fingerprint density at radius 1 is 1.21 bits per heavy atom. The van der Waals surface area contributed by atoms with Crippen LogP contribution in [0.25, 0.3) is 0 Å². The fourth-order valence-corrected chi connectivity index (χ4v) is 1.88. The first-order valence-corrected chi connectivity index (χ1v) is 5.48. The van der Waals surface area contributed by atoms with E-state index in [-0.39, 0.29) is 0 Å². The predicted octanol–water partition coefficient (Wildman–Crippen LogP) is 2.97. The lowest BCUT2D eigenvalue weighted by molar-refractivity contribution is 0.346. The Bertz CT molecular complexity index is 276. The van der Waals surface area contributed by atoms with Gasteiger partial charge in [0.25, 0.3) is 0 Å². The normalized spacial score (nSPS) is 10.9. The van der Waals surface area contributed by atoms with Crippen LogP contribution >= 0.6 is 11.6 Å². The molecule has 1 aromatic rings. The average molecular weight is 212 g/mol. The molecule has 0 N–H and O–H groups in total. The van der Waals surface area contributed by atoms with Crippen molar-refractivity contribution in [3.05, 3.63) is 34.9 Å². The zero-order chi connectivity index (χ0) is 10.6. The monoisotopic (exact) mass is 211 g/mol. The van der Waals surface area contributed by atoms with E-state index in [2.05, 4.69) is 44.0 Å². The third-order valence-electron chi connectivity index (χ3n) is 2.54. The lowest BCUT2D eigenvalue weighted by atomic mass is 10.0. The number of hydrogen-bond donors (Lipinski definition) is 0. The summed E-state index contributed by atoms with van der Waals surface area (Å²) in [5.74, 6) is 0.696. The molecule has 0 atom stereocenters. The van der Waals surface area contributed by atoms with E-state index in [0.717, 1.165) is 13.1 Å². The van der Waals surface area contributed by atoms with Gasteiger partial charge in [0.15, 0.2) is 0 Å². The highest BCUT2D eigenvalue weighted by Gasteiger charge is 2.04. The van der Waals surface area contributed by atoms with Crippen molar-refractivity contribution in [2.45, 2.75) is 20.4 Å². The first kappa shape index (κ1) is 11.5. The van der Waals surface area contributed by atoms with Crippen LogP contribution in [-0.4, -0.2) is 24.4 Å². The zero-order valence-electron chi connectivity index (χ0n) is 9.18. The number of rotatable bonds is 4. The van der Waals surface area contributed by atoms with Crippen molar-refractivity contribution in [2.24, 2.45) is 0 Å². The summed E-state index contributed by atoms with van der Waals surface area (Å²) >= 11 is 5.70. The van der Waals surface area contributed by atoms with Gasteiger partial charge in [-0.05, 0) is 37.6 Å². The van der Waals surface area contributed by atoms with Gasteiger partial charge in [0.05, 0.1) is 0 Å². The number of alkyl halides is 1. The average Bonchev–Trinajstić information content (AvgIpc) is 2.12. The van der Waals surface area contributed by atoms with Gasteiger partial charge in [0.1, 0.15) is 0 Å². The molecule has 2 heteroatoms.